The Balaban J connectivity index is 2.09. The number of thiazole rings is 1. The minimum Gasteiger partial charge on any atom is -0.473 e. The van der Waals surface area contributed by atoms with Crippen LogP contribution in [-0.4, -0.2) is 31.0 Å². The Bertz CT molecular complexity index is 331. The van der Waals surface area contributed by atoms with Crippen LogP contribution in [0.5, 0.6) is 5.19 Å². The molecule has 1 saturated heterocycles. The Morgan fingerprint density at radius 2 is 2.64 bits per heavy atom. The van der Waals surface area contributed by atoms with Crippen molar-refractivity contribution in [1.82, 2.24) is 10.3 Å². The average molecular weight is 212 g/mol. The second kappa shape index (κ2) is 4.06. The molecule has 1 N–H and O–H groups in total. The van der Waals surface area contributed by atoms with Gasteiger partial charge < -0.3 is 10.1 Å². The minimum atomic E-state index is 0.0989. The van der Waals surface area contributed by atoms with Crippen molar-refractivity contribution in [2.75, 3.05) is 20.2 Å². The molecule has 0 bridgehead atoms. The lowest BCUT2D eigenvalue weighted by Crippen LogP contribution is -2.18. The van der Waals surface area contributed by atoms with E-state index in [4.69, 9.17) is 4.74 Å². The fraction of sp³-hybridized carbons (Fsp3) is 0.556. The molecule has 2 heterocycles. The number of Topliss-reactive ketones (excluding diaryl/α,β-unsaturated/α-hetero) is 1. The van der Waals surface area contributed by atoms with Crippen LogP contribution in [0.4, 0.5) is 0 Å². The van der Waals surface area contributed by atoms with Gasteiger partial charge in [0.1, 0.15) is 5.69 Å². The van der Waals surface area contributed by atoms with Crippen molar-refractivity contribution in [3.8, 4) is 5.19 Å². The van der Waals surface area contributed by atoms with Crippen LogP contribution in [0.1, 0.15) is 16.9 Å². The van der Waals surface area contributed by atoms with E-state index in [1.807, 2.05) is 0 Å². The van der Waals surface area contributed by atoms with E-state index < -0.39 is 0 Å². The molecule has 76 valence electrons. The van der Waals surface area contributed by atoms with Gasteiger partial charge in [-0.15, -0.1) is 0 Å². The summed E-state index contributed by atoms with van der Waals surface area (Å²) in [5, 5.41) is 5.49. The molecule has 0 aliphatic carbocycles. The number of carbonyl (C=O) groups excluding carboxylic acids is 1. The van der Waals surface area contributed by atoms with Gasteiger partial charge in [-0.1, -0.05) is 11.3 Å². The summed E-state index contributed by atoms with van der Waals surface area (Å²) < 4.78 is 4.95. The van der Waals surface area contributed by atoms with Crippen LogP contribution < -0.4 is 10.1 Å². The first-order valence-electron chi connectivity index (χ1n) is 4.55. The lowest BCUT2D eigenvalue weighted by molar-refractivity contribution is 0.0925. The first kappa shape index (κ1) is 9.61. The Labute approximate surface area is 86.3 Å². The second-order valence-electron chi connectivity index (χ2n) is 3.26. The molecule has 2 rings (SSSR count). The number of ketones is 1. The monoisotopic (exact) mass is 212 g/mol. The van der Waals surface area contributed by atoms with Crippen LogP contribution in [0.2, 0.25) is 0 Å². The number of aromatic nitrogens is 1. The normalized spacial score (nSPS) is 21.1. The fourth-order valence-electron chi connectivity index (χ4n) is 1.55. The highest BCUT2D eigenvalue weighted by molar-refractivity contribution is 7.11. The molecule has 0 saturated carbocycles. The van der Waals surface area contributed by atoms with E-state index in [1.165, 1.54) is 11.3 Å². The third-order valence-corrected chi connectivity index (χ3v) is 3.14. The minimum absolute atomic E-state index is 0.0989. The summed E-state index contributed by atoms with van der Waals surface area (Å²) in [7, 11) is 1.56. The van der Waals surface area contributed by atoms with Gasteiger partial charge in [-0.25, -0.2) is 0 Å². The topological polar surface area (TPSA) is 51.2 Å². The molecule has 0 spiro atoms. The lowest BCUT2D eigenvalue weighted by atomic mass is 10.0. The van der Waals surface area contributed by atoms with Gasteiger partial charge in [0.2, 0.25) is 0 Å². The Morgan fingerprint density at radius 3 is 3.21 bits per heavy atom. The number of nitrogens with zero attached hydrogens (tertiary/aromatic N) is 1. The molecule has 4 nitrogen and oxygen atoms in total. The van der Waals surface area contributed by atoms with Gasteiger partial charge >= 0.3 is 0 Å². The molecule has 0 radical (unpaired) electrons. The molecule has 1 unspecified atom stereocenters. The number of nitrogens with one attached hydrogen (secondary N) is 1. The van der Waals surface area contributed by atoms with Crippen molar-refractivity contribution in [2.45, 2.75) is 6.42 Å². The molecule has 1 aliphatic heterocycles. The van der Waals surface area contributed by atoms with E-state index in [-0.39, 0.29) is 11.7 Å². The Hall–Kier alpha value is -0.940. The van der Waals surface area contributed by atoms with Crippen molar-refractivity contribution in [3.63, 3.8) is 0 Å². The van der Waals surface area contributed by atoms with Crippen molar-refractivity contribution >= 4 is 17.1 Å². The summed E-state index contributed by atoms with van der Waals surface area (Å²) in [6.07, 6.45) is 0.915. The van der Waals surface area contributed by atoms with E-state index in [0.29, 0.717) is 10.9 Å². The molecule has 1 fully saturated rings. The molecule has 5 heteroatoms. The first-order valence-corrected chi connectivity index (χ1v) is 5.43. The van der Waals surface area contributed by atoms with Crippen LogP contribution in [0.25, 0.3) is 0 Å². The molecular formula is C9H12N2O2S. The number of rotatable bonds is 3. The number of hydrogen-bond donors (Lipinski definition) is 1. The van der Waals surface area contributed by atoms with Gasteiger partial charge in [-0.3, -0.25) is 4.79 Å². The zero-order valence-corrected chi connectivity index (χ0v) is 8.76. The molecule has 0 amide bonds. The second-order valence-corrected chi connectivity index (χ2v) is 4.08. The third-order valence-electron chi connectivity index (χ3n) is 2.34. The summed E-state index contributed by atoms with van der Waals surface area (Å²) >= 11 is 1.36. The smallest absolute Gasteiger partial charge is 0.273 e. The van der Waals surface area contributed by atoms with Gasteiger partial charge in [0, 0.05) is 17.8 Å². The number of methoxy groups -OCH3 is 1. The maximum atomic E-state index is 11.8. The fourth-order valence-corrected chi connectivity index (χ4v) is 2.18. The quantitative estimate of drug-likeness (QED) is 0.758. The maximum absolute atomic E-state index is 11.8. The van der Waals surface area contributed by atoms with E-state index in [9.17, 15) is 4.79 Å². The van der Waals surface area contributed by atoms with Gasteiger partial charge in [0.15, 0.2) is 5.78 Å². The Morgan fingerprint density at radius 1 is 1.79 bits per heavy atom. The van der Waals surface area contributed by atoms with Crippen LogP contribution in [-0.2, 0) is 0 Å². The maximum Gasteiger partial charge on any atom is 0.273 e. The zero-order valence-electron chi connectivity index (χ0n) is 7.95. The number of hydrogen-bond acceptors (Lipinski definition) is 5. The number of ether oxygens (including phenoxy) is 1. The zero-order chi connectivity index (χ0) is 9.97. The van der Waals surface area contributed by atoms with Crippen molar-refractivity contribution < 1.29 is 9.53 Å². The lowest BCUT2D eigenvalue weighted by Gasteiger charge is -2.02. The van der Waals surface area contributed by atoms with Crippen molar-refractivity contribution in [3.05, 3.63) is 11.1 Å². The summed E-state index contributed by atoms with van der Waals surface area (Å²) in [6, 6.07) is 0. The van der Waals surface area contributed by atoms with E-state index in [1.54, 1.807) is 12.5 Å². The van der Waals surface area contributed by atoms with Crippen LogP contribution in [0.3, 0.4) is 0 Å². The number of carbonyl (C=O) groups is 1. The molecule has 14 heavy (non-hydrogen) atoms. The molecule has 1 atom stereocenters. The standard InChI is InChI=1S/C9H12N2O2S/c1-13-9-11-7(5-14-9)8(12)6-2-3-10-4-6/h5-6,10H,2-4H2,1H3. The summed E-state index contributed by atoms with van der Waals surface area (Å²) in [5.74, 6) is 0.233. The van der Waals surface area contributed by atoms with Crippen molar-refractivity contribution in [1.29, 1.82) is 0 Å². The van der Waals surface area contributed by atoms with E-state index in [0.717, 1.165) is 19.5 Å². The molecule has 1 aromatic heterocycles. The highest BCUT2D eigenvalue weighted by atomic mass is 32.1. The summed E-state index contributed by atoms with van der Waals surface area (Å²) in [5.41, 5.74) is 0.542. The largest absolute Gasteiger partial charge is 0.473 e. The molecule has 1 aliphatic rings. The van der Waals surface area contributed by atoms with Gasteiger partial charge in [-0.05, 0) is 13.0 Å². The van der Waals surface area contributed by atoms with Gasteiger partial charge in [0.25, 0.3) is 5.19 Å². The highest BCUT2D eigenvalue weighted by Gasteiger charge is 2.25. The Kier molecular flexibility index (Phi) is 2.79. The first-order chi connectivity index (χ1) is 6.81. The highest BCUT2D eigenvalue weighted by Crippen LogP contribution is 2.21. The average Bonchev–Trinajstić information content (AvgIpc) is 2.88. The summed E-state index contributed by atoms with van der Waals surface area (Å²) in [4.78, 5) is 15.9. The van der Waals surface area contributed by atoms with Crippen LogP contribution in [0, 0.1) is 5.92 Å². The predicted octanol–water partition coefficient (Wildman–Crippen LogP) is 0.944. The van der Waals surface area contributed by atoms with Crippen LogP contribution in [0.15, 0.2) is 5.38 Å². The van der Waals surface area contributed by atoms with Gasteiger partial charge in [-0.2, -0.15) is 4.98 Å². The summed E-state index contributed by atoms with van der Waals surface area (Å²) in [6.45, 7) is 1.70. The molecule has 1 aromatic rings. The van der Waals surface area contributed by atoms with Crippen molar-refractivity contribution in [2.24, 2.45) is 5.92 Å². The van der Waals surface area contributed by atoms with Gasteiger partial charge in [0.05, 0.1) is 7.11 Å². The molecule has 0 aromatic carbocycles. The van der Waals surface area contributed by atoms with Crippen LogP contribution >= 0.6 is 11.3 Å². The SMILES string of the molecule is COc1nc(C(=O)C2CCNC2)cs1. The third kappa shape index (κ3) is 1.78. The van der Waals surface area contributed by atoms with E-state index >= 15 is 0 Å². The van der Waals surface area contributed by atoms with E-state index in [2.05, 4.69) is 10.3 Å². The predicted molar refractivity (Wildman–Crippen MR) is 54.0 cm³/mol. The molecular weight excluding hydrogens is 200 g/mol.